The maximum Gasteiger partial charge on any atom is 0.244 e. The van der Waals surface area contributed by atoms with E-state index in [1.54, 1.807) is 41.5 Å². The van der Waals surface area contributed by atoms with Gasteiger partial charge in [-0.2, -0.15) is 0 Å². The molecule has 3 aromatic rings. The Morgan fingerprint density at radius 1 is 0.875 bits per heavy atom. The van der Waals surface area contributed by atoms with Gasteiger partial charge in [-0.3, -0.25) is 10.2 Å². The monoisotopic (exact) mass is 530 g/mol. The van der Waals surface area contributed by atoms with Gasteiger partial charge in [0.15, 0.2) is 0 Å². The molecule has 1 heterocycles. The summed E-state index contributed by atoms with van der Waals surface area (Å²) in [5, 5.41) is 4.39. The van der Waals surface area contributed by atoms with Gasteiger partial charge in [0.2, 0.25) is 5.91 Å². The fraction of sp³-hybridized carbons (Fsp3) is 0.0952. The first-order chi connectivity index (χ1) is 15.2. The third kappa shape index (κ3) is 4.81. The molecular weight excluding hydrogens is 518 g/mol. The van der Waals surface area contributed by atoms with Crippen molar-refractivity contribution in [1.29, 1.82) is 0 Å². The largest absolute Gasteiger partial charge is 0.456 e. The molecule has 0 unspecified atom stereocenters. The minimum absolute atomic E-state index is 0.202. The zero-order valence-electron chi connectivity index (χ0n) is 16.2. The summed E-state index contributed by atoms with van der Waals surface area (Å²) in [6.45, 7) is 0.348. The molecule has 0 saturated carbocycles. The molecule has 0 aromatic heterocycles. The molecule has 1 aliphatic rings. The molecule has 166 valence electrons. The summed E-state index contributed by atoms with van der Waals surface area (Å²) in [6, 6.07) is 13.1. The second kappa shape index (κ2) is 9.43. The van der Waals surface area contributed by atoms with Crippen LogP contribution in [0.25, 0.3) is 0 Å². The van der Waals surface area contributed by atoms with E-state index in [1.807, 2.05) is 0 Å². The number of nitrogens with two attached hydrogens (primary N) is 1. The van der Waals surface area contributed by atoms with E-state index in [4.69, 9.17) is 68.5 Å². The summed E-state index contributed by atoms with van der Waals surface area (Å²) in [5.41, 5.74) is 10.2. The van der Waals surface area contributed by atoms with Crippen molar-refractivity contribution in [3.8, 4) is 11.5 Å². The van der Waals surface area contributed by atoms with Crippen LogP contribution in [-0.2, 0) is 4.79 Å². The molecular formula is C21H15Cl5N4O2. The van der Waals surface area contributed by atoms with Crippen LogP contribution in [0.3, 0.4) is 0 Å². The zero-order chi connectivity index (χ0) is 23.0. The predicted octanol–water partition coefficient (Wildman–Crippen LogP) is 7.31. The Balaban J connectivity index is 1.64. The number of nitrogens with one attached hydrogen (secondary N) is 1. The van der Waals surface area contributed by atoms with Crippen LogP contribution < -0.4 is 20.9 Å². The quantitative estimate of drug-likeness (QED) is 0.337. The lowest BCUT2D eigenvalue weighted by atomic mass is 10.3. The summed E-state index contributed by atoms with van der Waals surface area (Å²) in [4.78, 5) is 12.6. The second-order valence-electron chi connectivity index (χ2n) is 6.84. The predicted molar refractivity (Wildman–Crippen MR) is 131 cm³/mol. The van der Waals surface area contributed by atoms with Gasteiger partial charge in [-0.05, 0) is 42.5 Å². The minimum atomic E-state index is -0.202. The molecule has 1 saturated heterocycles. The number of nitrogen functional groups attached to an aromatic ring is 1. The lowest BCUT2D eigenvalue weighted by molar-refractivity contribution is -0.117. The number of halogens is 5. The van der Waals surface area contributed by atoms with Crippen LogP contribution in [0.2, 0.25) is 25.1 Å². The van der Waals surface area contributed by atoms with Crippen molar-refractivity contribution < 1.29 is 9.53 Å². The zero-order valence-corrected chi connectivity index (χ0v) is 20.0. The molecule has 32 heavy (non-hydrogen) atoms. The molecule has 1 amide bonds. The standard InChI is InChI=1S/C21H15Cl5N4O2/c22-11-7-16(25)21(17(26)8-11)30-20(31)5-6-29(30)28-18-10-19(15(24)9-14(18)23)32-13-3-1-12(27)2-4-13/h1-4,7-10,28H,5-6,27H2. The smallest absolute Gasteiger partial charge is 0.244 e. The van der Waals surface area contributed by atoms with Gasteiger partial charge in [-0.1, -0.05) is 58.0 Å². The Bertz CT molecular complexity index is 1170. The number of carbonyl (C=O) groups is 1. The number of benzene rings is 3. The van der Waals surface area contributed by atoms with Crippen LogP contribution in [0.15, 0.2) is 48.5 Å². The molecule has 3 aromatic carbocycles. The summed E-state index contributed by atoms with van der Waals surface area (Å²) in [7, 11) is 0. The highest BCUT2D eigenvalue weighted by Gasteiger charge is 2.34. The third-order valence-electron chi connectivity index (χ3n) is 4.59. The van der Waals surface area contributed by atoms with Gasteiger partial charge in [0, 0.05) is 29.7 Å². The number of rotatable bonds is 5. The van der Waals surface area contributed by atoms with Crippen molar-refractivity contribution in [2.75, 3.05) is 22.7 Å². The van der Waals surface area contributed by atoms with E-state index in [1.165, 1.54) is 17.1 Å². The summed E-state index contributed by atoms with van der Waals surface area (Å²) >= 11 is 31.4. The first kappa shape index (κ1) is 23.1. The average Bonchev–Trinajstić information content (AvgIpc) is 3.07. The van der Waals surface area contributed by atoms with Gasteiger partial charge >= 0.3 is 0 Å². The van der Waals surface area contributed by atoms with Crippen LogP contribution >= 0.6 is 58.0 Å². The molecule has 11 heteroatoms. The van der Waals surface area contributed by atoms with Gasteiger partial charge < -0.3 is 10.5 Å². The molecule has 6 nitrogen and oxygen atoms in total. The Labute approximate surface area is 209 Å². The number of carbonyl (C=O) groups excluding carboxylic acids is 1. The van der Waals surface area contributed by atoms with E-state index in [0.29, 0.717) is 50.2 Å². The topological polar surface area (TPSA) is 70.8 Å². The third-order valence-corrected chi connectivity index (χ3v) is 5.99. The van der Waals surface area contributed by atoms with Crippen LogP contribution in [0.5, 0.6) is 11.5 Å². The molecule has 3 N–H and O–H groups in total. The van der Waals surface area contributed by atoms with Crippen molar-refractivity contribution in [1.82, 2.24) is 5.12 Å². The van der Waals surface area contributed by atoms with Crippen molar-refractivity contribution in [2.24, 2.45) is 0 Å². The minimum Gasteiger partial charge on any atom is -0.456 e. The summed E-state index contributed by atoms with van der Waals surface area (Å²) in [6.07, 6.45) is 0.238. The lowest BCUT2D eigenvalue weighted by Gasteiger charge is -2.30. The van der Waals surface area contributed by atoms with Crippen molar-refractivity contribution in [2.45, 2.75) is 6.42 Å². The van der Waals surface area contributed by atoms with Crippen LogP contribution in [0, 0.1) is 0 Å². The molecule has 1 fully saturated rings. The maximum absolute atomic E-state index is 12.6. The molecule has 1 aliphatic heterocycles. The molecule has 0 atom stereocenters. The second-order valence-corrected chi connectivity index (χ2v) is 8.91. The average molecular weight is 533 g/mol. The molecule has 0 bridgehead atoms. The van der Waals surface area contributed by atoms with E-state index in [0.717, 1.165) is 0 Å². The Kier molecular flexibility index (Phi) is 6.81. The van der Waals surface area contributed by atoms with Gasteiger partial charge in [0.05, 0.1) is 25.8 Å². The van der Waals surface area contributed by atoms with Crippen LogP contribution in [0.1, 0.15) is 6.42 Å². The normalized spacial score (nSPS) is 14.2. The first-order valence-corrected chi connectivity index (χ1v) is 11.2. The number of hydrogen-bond acceptors (Lipinski definition) is 5. The van der Waals surface area contributed by atoms with E-state index >= 15 is 0 Å². The van der Waals surface area contributed by atoms with Gasteiger partial charge in [0.25, 0.3) is 0 Å². The molecule has 0 aliphatic carbocycles. The molecule has 0 spiro atoms. The van der Waals surface area contributed by atoms with Crippen molar-refractivity contribution in [3.05, 3.63) is 73.6 Å². The lowest BCUT2D eigenvalue weighted by Crippen LogP contribution is -2.43. The Morgan fingerprint density at radius 2 is 1.53 bits per heavy atom. The highest BCUT2D eigenvalue weighted by atomic mass is 35.5. The van der Waals surface area contributed by atoms with Gasteiger partial charge in [-0.25, -0.2) is 5.01 Å². The van der Waals surface area contributed by atoms with E-state index in [-0.39, 0.29) is 22.4 Å². The van der Waals surface area contributed by atoms with Crippen LogP contribution in [-0.4, -0.2) is 17.6 Å². The SMILES string of the molecule is Nc1ccc(Oc2cc(NN3CCC(=O)N3c3c(Cl)cc(Cl)cc3Cl)c(Cl)cc2Cl)cc1. The van der Waals surface area contributed by atoms with Crippen molar-refractivity contribution >= 4 is 81.0 Å². The maximum atomic E-state index is 12.6. The van der Waals surface area contributed by atoms with Crippen molar-refractivity contribution in [3.63, 3.8) is 0 Å². The summed E-state index contributed by atoms with van der Waals surface area (Å²) < 4.78 is 5.87. The fourth-order valence-corrected chi connectivity index (χ4v) is 4.57. The number of amides is 1. The first-order valence-electron chi connectivity index (χ1n) is 9.27. The highest BCUT2D eigenvalue weighted by molar-refractivity contribution is 6.42. The Morgan fingerprint density at radius 3 is 2.19 bits per heavy atom. The highest BCUT2D eigenvalue weighted by Crippen LogP contribution is 2.41. The molecule has 4 rings (SSSR count). The van der Waals surface area contributed by atoms with E-state index in [9.17, 15) is 4.79 Å². The number of hydrazine groups is 2. The Hall–Kier alpha value is -2.06. The van der Waals surface area contributed by atoms with E-state index < -0.39 is 0 Å². The number of hydrogen-bond donors (Lipinski definition) is 2. The molecule has 0 radical (unpaired) electrons. The number of anilines is 3. The number of nitrogens with zero attached hydrogens (tertiary/aromatic N) is 2. The van der Waals surface area contributed by atoms with E-state index in [2.05, 4.69) is 5.43 Å². The number of ether oxygens (including phenoxy) is 1. The fourth-order valence-electron chi connectivity index (χ4n) is 3.13. The summed E-state index contributed by atoms with van der Waals surface area (Å²) in [5.74, 6) is 0.710. The van der Waals surface area contributed by atoms with Gasteiger partial charge in [0.1, 0.15) is 17.2 Å². The van der Waals surface area contributed by atoms with Gasteiger partial charge in [-0.15, -0.1) is 5.12 Å². The van der Waals surface area contributed by atoms with Crippen LogP contribution in [0.4, 0.5) is 17.1 Å².